The Balaban J connectivity index is 1.79. The number of anilines is 2. The van der Waals surface area contributed by atoms with Crippen molar-refractivity contribution in [3.63, 3.8) is 0 Å². The van der Waals surface area contributed by atoms with E-state index in [4.69, 9.17) is 0 Å². The second kappa shape index (κ2) is 6.20. The summed E-state index contributed by atoms with van der Waals surface area (Å²) >= 11 is 0. The van der Waals surface area contributed by atoms with Crippen molar-refractivity contribution in [1.29, 1.82) is 0 Å². The first-order valence-corrected chi connectivity index (χ1v) is 7.56. The van der Waals surface area contributed by atoms with Crippen LogP contribution in [0.4, 0.5) is 15.8 Å². The Hall–Kier alpha value is -2.69. The number of nitrogens with zero attached hydrogens (tertiary/aromatic N) is 1. The number of carbonyl (C=O) groups excluding carboxylic acids is 2. The molecule has 0 aromatic heterocycles. The summed E-state index contributed by atoms with van der Waals surface area (Å²) in [6, 6.07) is 12.5. The molecule has 2 aromatic carbocycles. The van der Waals surface area contributed by atoms with Crippen LogP contribution in [0.15, 0.2) is 48.5 Å². The number of aryl methyl sites for hydroxylation is 1. The van der Waals surface area contributed by atoms with E-state index in [2.05, 4.69) is 5.32 Å². The third kappa shape index (κ3) is 3.08. The molecule has 0 unspecified atom stereocenters. The van der Waals surface area contributed by atoms with Gasteiger partial charge in [-0.15, -0.1) is 0 Å². The molecular formula is C18H17FN2O2. The van der Waals surface area contributed by atoms with Crippen LogP contribution in [0, 0.1) is 5.82 Å². The molecule has 1 fully saturated rings. The van der Waals surface area contributed by atoms with E-state index < -0.39 is 11.9 Å². The van der Waals surface area contributed by atoms with E-state index in [-0.39, 0.29) is 18.2 Å². The minimum Gasteiger partial charge on any atom is -0.373 e. The fourth-order valence-electron chi connectivity index (χ4n) is 2.68. The number of nitrogens with one attached hydrogen (secondary N) is 1. The lowest BCUT2D eigenvalue weighted by molar-refractivity contribution is -0.121. The number of halogens is 1. The summed E-state index contributed by atoms with van der Waals surface area (Å²) in [7, 11) is 0. The van der Waals surface area contributed by atoms with Crippen LogP contribution in [-0.2, 0) is 16.0 Å². The predicted octanol–water partition coefficient (Wildman–Crippen LogP) is 3.13. The highest BCUT2D eigenvalue weighted by Gasteiger charge is 2.39. The van der Waals surface area contributed by atoms with E-state index in [0.29, 0.717) is 11.4 Å². The highest BCUT2D eigenvalue weighted by molar-refractivity contribution is 6.23. The maximum Gasteiger partial charge on any atom is 0.256 e. The summed E-state index contributed by atoms with van der Waals surface area (Å²) in [5.41, 5.74) is 2.20. The molecule has 0 bridgehead atoms. The van der Waals surface area contributed by atoms with Crippen molar-refractivity contribution in [3.05, 3.63) is 59.9 Å². The summed E-state index contributed by atoms with van der Waals surface area (Å²) in [5.74, 6) is -0.963. The average Bonchev–Trinajstić information content (AvgIpc) is 2.81. The third-order valence-corrected chi connectivity index (χ3v) is 3.91. The number of rotatable bonds is 4. The molecule has 1 saturated heterocycles. The third-order valence-electron chi connectivity index (χ3n) is 3.91. The van der Waals surface area contributed by atoms with Gasteiger partial charge in [0.1, 0.15) is 11.9 Å². The molecule has 4 nitrogen and oxygen atoms in total. The number of hydrogen-bond donors (Lipinski definition) is 1. The zero-order valence-electron chi connectivity index (χ0n) is 12.8. The largest absolute Gasteiger partial charge is 0.373 e. The lowest BCUT2D eigenvalue weighted by Crippen LogP contribution is -2.34. The molecule has 3 rings (SSSR count). The van der Waals surface area contributed by atoms with Gasteiger partial charge in [-0.3, -0.25) is 9.59 Å². The van der Waals surface area contributed by atoms with Crippen LogP contribution in [0.3, 0.4) is 0 Å². The summed E-state index contributed by atoms with van der Waals surface area (Å²) < 4.78 is 13.2. The van der Waals surface area contributed by atoms with Gasteiger partial charge in [-0.2, -0.15) is 0 Å². The highest BCUT2D eigenvalue weighted by Crippen LogP contribution is 2.25. The molecule has 1 aliphatic rings. The van der Waals surface area contributed by atoms with Gasteiger partial charge in [-0.1, -0.05) is 25.1 Å². The number of imide groups is 1. The number of carbonyl (C=O) groups is 2. The Kier molecular flexibility index (Phi) is 4.10. The Morgan fingerprint density at radius 3 is 2.57 bits per heavy atom. The summed E-state index contributed by atoms with van der Waals surface area (Å²) in [6.45, 7) is 2.04. The van der Waals surface area contributed by atoms with E-state index in [9.17, 15) is 14.0 Å². The standard InChI is InChI=1S/C18H17FN2O2/c1-2-12-6-8-15(9-7-12)21-17(22)11-16(18(21)23)20-14-5-3-4-13(19)10-14/h3-10,16,20H,2,11H2,1H3/t16-/m1/s1. The maximum absolute atomic E-state index is 13.2. The summed E-state index contributed by atoms with van der Waals surface area (Å²) in [6.07, 6.45) is 0.955. The van der Waals surface area contributed by atoms with Crippen molar-refractivity contribution >= 4 is 23.2 Å². The van der Waals surface area contributed by atoms with E-state index in [0.717, 1.165) is 12.0 Å². The molecule has 5 heteroatoms. The fourth-order valence-corrected chi connectivity index (χ4v) is 2.68. The normalized spacial score (nSPS) is 17.7. The minimum absolute atomic E-state index is 0.0604. The van der Waals surface area contributed by atoms with Gasteiger partial charge in [-0.05, 0) is 42.3 Å². The quantitative estimate of drug-likeness (QED) is 0.882. The van der Waals surface area contributed by atoms with Crippen molar-refractivity contribution in [2.24, 2.45) is 0 Å². The van der Waals surface area contributed by atoms with Crippen LogP contribution >= 0.6 is 0 Å². The van der Waals surface area contributed by atoms with E-state index in [1.54, 1.807) is 24.3 Å². The van der Waals surface area contributed by atoms with Crippen LogP contribution in [0.5, 0.6) is 0 Å². The van der Waals surface area contributed by atoms with Crippen LogP contribution in [-0.4, -0.2) is 17.9 Å². The van der Waals surface area contributed by atoms with Gasteiger partial charge in [0.25, 0.3) is 5.91 Å². The molecule has 0 saturated carbocycles. The van der Waals surface area contributed by atoms with Gasteiger partial charge in [0.15, 0.2) is 0 Å². The van der Waals surface area contributed by atoms with Crippen molar-refractivity contribution in [3.8, 4) is 0 Å². The fraction of sp³-hybridized carbons (Fsp3) is 0.222. The molecule has 1 aliphatic heterocycles. The Bertz CT molecular complexity index is 743. The first kappa shape index (κ1) is 15.2. The van der Waals surface area contributed by atoms with Gasteiger partial charge in [0.05, 0.1) is 12.1 Å². The molecular weight excluding hydrogens is 295 g/mol. The molecule has 0 aliphatic carbocycles. The number of amides is 2. The molecule has 0 spiro atoms. The Morgan fingerprint density at radius 2 is 1.91 bits per heavy atom. The lowest BCUT2D eigenvalue weighted by atomic mass is 10.1. The molecule has 1 atom stereocenters. The molecule has 1 heterocycles. The van der Waals surface area contributed by atoms with Gasteiger partial charge in [0.2, 0.25) is 5.91 Å². The van der Waals surface area contributed by atoms with Crippen LogP contribution in [0.2, 0.25) is 0 Å². The molecule has 2 amide bonds. The van der Waals surface area contributed by atoms with Crippen LogP contribution in [0.25, 0.3) is 0 Å². The SMILES string of the molecule is CCc1ccc(N2C(=O)C[C@@H](Nc3cccc(F)c3)C2=O)cc1. The molecule has 2 aromatic rings. The molecule has 23 heavy (non-hydrogen) atoms. The lowest BCUT2D eigenvalue weighted by Gasteiger charge is -2.16. The highest BCUT2D eigenvalue weighted by atomic mass is 19.1. The second-order valence-corrected chi connectivity index (χ2v) is 5.50. The molecule has 1 N–H and O–H groups in total. The maximum atomic E-state index is 13.2. The van der Waals surface area contributed by atoms with E-state index >= 15 is 0 Å². The smallest absolute Gasteiger partial charge is 0.256 e. The predicted molar refractivity (Wildman–Crippen MR) is 86.7 cm³/mol. The van der Waals surface area contributed by atoms with Gasteiger partial charge >= 0.3 is 0 Å². The first-order valence-electron chi connectivity index (χ1n) is 7.56. The zero-order valence-corrected chi connectivity index (χ0v) is 12.8. The second-order valence-electron chi connectivity index (χ2n) is 5.50. The van der Waals surface area contributed by atoms with Crippen LogP contribution < -0.4 is 10.2 Å². The summed E-state index contributed by atoms with van der Waals surface area (Å²) in [5, 5.41) is 2.93. The van der Waals surface area contributed by atoms with Gasteiger partial charge in [-0.25, -0.2) is 9.29 Å². The van der Waals surface area contributed by atoms with E-state index in [1.165, 1.54) is 17.0 Å². The zero-order chi connectivity index (χ0) is 16.4. The van der Waals surface area contributed by atoms with Crippen molar-refractivity contribution in [2.45, 2.75) is 25.8 Å². The van der Waals surface area contributed by atoms with Crippen molar-refractivity contribution < 1.29 is 14.0 Å². The van der Waals surface area contributed by atoms with Gasteiger partial charge < -0.3 is 5.32 Å². The van der Waals surface area contributed by atoms with E-state index in [1.807, 2.05) is 19.1 Å². The topological polar surface area (TPSA) is 49.4 Å². The minimum atomic E-state index is -0.671. The summed E-state index contributed by atoms with van der Waals surface area (Å²) in [4.78, 5) is 25.9. The van der Waals surface area contributed by atoms with Gasteiger partial charge in [0, 0.05) is 5.69 Å². The van der Waals surface area contributed by atoms with Crippen molar-refractivity contribution in [2.75, 3.05) is 10.2 Å². The Morgan fingerprint density at radius 1 is 1.17 bits per heavy atom. The number of benzene rings is 2. The molecule has 0 radical (unpaired) electrons. The van der Waals surface area contributed by atoms with Crippen LogP contribution in [0.1, 0.15) is 18.9 Å². The number of hydrogen-bond acceptors (Lipinski definition) is 3. The first-order chi connectivity index (χ1) is 11.1. The average molecular weight is 312 g/mol. The molecule has 118 valence electrons. The Labute approximate surface area is 133 Å². The van der Waals surface area contributed by atoms with Crippen molar-refractivity contribution in [1.82, 2.24) is 0 Å². The monoisotopic (exact) mass is 312 g/mol.